The summed E-state index contributed by atoms with van der Waals surface area (Å²) in [5.74, 6) is 0.0364. The Hall–Kier alpha value is -1.36. The topological polar surface area (TPSA) is 63.2 Å². The lowest BCUT2D eigenvalue weighted by molar-refractivity contribution is 0.0941. The molecule has 1 aromatic rings. The van der Waals surface area contributed by atoms with E-state index in [1.807, 2.05) is 26.0 Å². The number of hydrogen-bond donors (Lipinski definition) is 1. The van der Waals surface area contributed by atoms with Gasteiger partial charge >= 0.3 is 0 Å². The number of carbonyl (C=O) groups is 1. The van der Waals surface area contributed by atoms with Crippen LogP contribution in [-0.4, -0.2) is 31.9 Å². The zero-order valence-electron chi connectivity index (χ0n) is 10.6. The van der Waals surface area contributed by atoms with Gasteiger partial charge in [-0.15, -0.1) is 0 Å². The molecular formula is C13H17NO3S. The minimum atomic E-state index is -2.95. The number of rotatable bonds is 2. The number of carbonyl (C=O) groups excluding carboxylic acids is 1. The van der Waals surface area contributed by atoms with E-state index in [1.54, 1.807) is 6.07 Å². The largest absolute Gasteiger partial charge is 0.348 e. The zero-order valence-corrected chi connectivity index (χ0v) is 11.4. The van der Waals surface area contributed by atoms with E-state index in [0.29, 0.717) is 12.0 Å². The van der Waals surface area contributed by atoms with Gasteiger partial charge in [-0.3, -0.25) is 4.79 Å². The Morgan fingerprint density at radius 3 is 2.56 bits per heavy atom. The SMILES string of the molecule is Cc1ccc(C(=O)N[C@@H]2CCS(=O)(=O)C2)cc1C. The van der Waals surface area contributed by atoms with Crippen molar-refractivity contribution in [3.05, 3.63) is 34.9 Å². The van der Waals surface area contributed by atoms with Crippen LogP contribution in [0.1, 0.15) is 27.9 Å². The van der Waals surface area contributed by atoms with Crippen molar-refractivity contribution in [3.8, 4) is 0 Å². The van der Waals surface area contributed by atoms with E-state index < -0.39 is 9.84 Å². The second-order valence-corrected chi connectivity index (χ2v) is 7.10. The summed E-state index contributed by atoms with van der Waals surface area (Å²) in [5.41, 5.74) is 2.78. The molecule has 1 atom stereocenters. The molecule has 4 nitrogen and oxygen atoms in total. The third kappa shape index (κ3) is 2.90. The van der Waals surface area contributed by atoms with Crippen LogP contribution < -0.4 is 5.32 Å². The molecule has 1 aliphatic heterocycles. The molecule has 1 aromatic carbocycles. The van der Waals surface area contributed by atoms with Crippen molar-refractivity contribution in [3.63, 3.8) is 0 Å². The fourth-order valence-electron chi connectivity index (χ4n) is 2.06. The van der Waals surface area contributed by atoms with Gasteiger partial charge in [0.2, 0.25) is 0 Å². The molecule has 0 aliphatic carbocycles. The van der Waals surface area contributed by atoms with E-state index in [1.165, 1.54) is 0 Å². The molecule has 5 heteroatoms. The summed E-state index contributed by atoms with van der Waals surface area (Å²) in [5, 5.41) is 2.78. The smallest absolute Gasteiger partial charge is 0.251 e. The van der Waals surface area contributed by atoms with Gasteiger partial charge in [-0.2, -0.15) is 0 Å². The van der Waals surface area contributed by atoms with Crippen LogP contribution in [0.2, 0.25) is 0 Å². The highest BCUT2D eigenvalue weighted by atomic mass is 32.2. The molecule has 1 heterocycles. The van der Waals surface area contributed by atoms with Crippen LogP contribution in [-0.2, 0) is 9.84 Å². The average molecular weight is 267 g/mol. The van der Waals surface area contributed by atoms with Gasteiger partial charge in [0.1, 0.15) is 0 Å². The molecule has 0 aromatic heterocycles. The number of nitrogens with one attached hydrogen (secondary N) is 1. The molecule has 1 aliphatic rings. The van der Waals surface area contributed by atoms with Crippen molar-refractivity contribution in [2.75, 3.05) is 11.5 Å². The van der Waals surface area contributed by atoms with Gasteiger partial charge in [0.25, 0.3) is 5.91 Å². The number of sulfone groups is 1. The lowest BCUT2D eigenvalue weighted by Crippen LogP contribution is -2.35. The fourth-order valence-corrected chi connectivity index (χ4v) is 3.73. The number of aryl methyl sites for hydroxylation is 2. The minimum absolute atomic E-state index is 0.0591. The molecule has 0 radical (unpaired) electrons. The maximum absolute atomic E-state index is 12.0. The Balaban J connectivity index is 2.06. The monoisotopic (exact) mass is 267 g/mol. The maximum Gasteiger partial charge on any atom is 0.251 e. The van der Waals surface area contributed by atoms with Crippen molar-refractivity contribution in [2.45, 2.75) is 26.3 Å². The number of benzene rings is 1. The molecule has 1 amide bonds. The van der Waals surface area contributed by atoms with Gasteiger partial charge in [0.05, 0.1) is 11.5 Å². The zero-order chi connectivity index (χ0) is 13.3. The lowest BCUT2D eigenvalue weighted by atomic mass is 10.1. The average Bonchev–Trinajstić information content (AvgIpc) is 2.62. The van der Waals surface area contributed by atoms with E-state index in [4.69, 9.17) is 0 Å². The number of hydrogen-bond acceptors (Lipinski definition) is 3. The second kappa shape index (κ2) is 4.72. The van der Waals surface area contributed by atoms with Crippen molar-refractivity contribution >= 4 is 15.7 Å². The van der Waals surface area contributed by atoms with Gasteiger partial charge in [0.15, 0.2) is 9.84 Å². The van der Waals surface area contributed by atoms with Crippen LogP contribution in [0.3, 0.4) is 0 Å². The fraction of sp³-hybridized carbons (Fsp3) is 0.462. The van der Waals surface area contributed by atoms with Crippen LogP contribution in [0, 0.1) is 13.8 Å². The maximum atomic E-state index is 12.0. The molecule has 0 saturated carbocycles. The molecule has 1 N–H and O–H groups in total. The van der Waals surface area contributed by atoms with E-state index in [-0.39, 0.29) is 23.5 Å². The van der Waals surface area contributed by atoms with Crippen LogP contribution in [0.15, 0.2) is 18.2 Å². The van der Waals surface area contributed by atoms with Crippen molar-refractivity contribution in [1.82, 2.24) is 5.32 Å². The number of amides is 1. The summed E-state index contributed by atoms with van der Waals surface area (Å²) < 4.78 is 22.6. The third-order valence-corrected chi connectivity index (χ3v) is 5.10. The normalized spacial score (nSPS) is 21.8. The van der Waals surface area contributed by atoms with Crippen molar-refractivity contribution in [2.24, 2.45) is 0 Å². The molecule has 1 fully saturated rings. The van der Waals surface area contributed by atoms with Gasteiger partial charge in [0, 0.05) is 11.6 Å². The van der Waals surface area contributed by atoms with Gasteiger partial charge in [-0.25, -0.2) is 8.42 Å². The summed E-state index contributed by atoms with van der Waals surface area (Å²) in [6, 6.07) is 5.24. The van der Waals surface area contributed by atoms with Gasteiger partial charge in [-0.05, 0) is 43.5 Å². The van der Waals surface area contributed by atoms with E-state index in [2.05, 4.69) is 5.32 Å². The van der Waals surface area contributed by atoms with Crippen LogP contribution in [0.25, 0.3) is 0 Å². The summed E-state index contributed by atoms with van der Waals surface area (Å²) in [6.07, 6.45) is 0.513. The van der Waals surface area contributed by atoms with Gasteiger partial charge < -0.3 is 5.32 Å². The first-order chi connectivity index (χ1) is 8.37. The molecule has 2 rings (SSSR count). The summed E-state index contributed by atoms with van der Waals surface area (Å²) in [7, 11) is -2.95. The summed E-state index contributed by atoms with van der Waals surface area (Å²) in [6.45, 7) is 3.94. The van der Waals surface area contributed by atoms with Gasteiger partial charge in [-0.1, -0.05) is 6.07 Å². The Morgan fingerprint density at radius 1 is 1.28 bits per heavy atom. The quantitative estimate of drug-likeness (QED) is 0.876. The highest BCUT2D eigenvalue weighted by Crippen LogP contribution is 2.13. The first-order valence-corrected chi connectivity index (χ1v) is 7.78. The standard InChI is InChI=1S/C13H17NO3S/c1-9-3-4-11(7-10(9)2)13(15)14-12-5-6-18(16,17)8-12/h3-4,7,12H,5-6,8H2,1-2H3,(H,14,15)/t12-/m1/s1. The van der Waals surface area contributed by atoms with Crippen molar-refractivity contribution < 1.29 is 13.2 Å². The molecule has 18 heavy (non-hydrogen) atoms. The molecule has 0 spiro atoms. The first kappa shape index (κ1) is 13.1. The Morgan fingerprint density at radius 2 is 2.00 bits per heavy atom. The highest BCUT2D eigenvalue weighted by molar-refractivity contribution is 7.91. The molecular weight excluding hydrogens is 250 g/mol. The molecule has 1 saturated heterocycles. The van der Waals surface area contributed by atoms with Crippen LogP contribution >= 0.6 is 0 Å². The second-order valence-electron chi connectivity index (χ2n) is 4.87. The highest BCUT2D eigenvalue weighted by Gasteiger charge is 2.29. The Labute approximate surface area is 107 Å². The van der Waals surface area contributed by atoms with Crippen molar-refractivity contribution in [1.29, 1.82) is 0 Å². The third-order valence-electron chi connectivity index (χ3n) is 3.34. The van der Waals surface area contributed by atoms with E-state index >= 15 is 0 Å². The Bertz CT molecular complexity index is 578. The van der Waals surface area contributed by atoms with Crippen LogP contribution in [0.4, 0.5) is 0 Å². The first-order valence-electron chi connectivity index (χ1n) is 5.96. The molecule has 0 bridgehead atoms. The predicted molar refractivity (Wildman–Crippen MR) is 70.4 cm³/mol. The lowest BCUT2D eigenvalue weighted by Gasteiger charge is -2.11. The minimum Gasteiger partial charge on any atom is -0.348 e. The predicted octanol–water partition coefficient (Wildman–Crippen LogP) is 1.22. The summed E-state index contributed by atoms with van der Waals surface area (Å²) in [4.78, 5) is 12.0. The van der Waals surface area contributed by atoms with E-state index in [9.17, 15) is 13.2 Å². The molecule has 98 valence electrons. The Kier molecular flexibility index (Phi) is 3.43. The summed E-state index contributed by atoms with van der Waals surface area (Å²) >= 11 is 0. The van der Waals surface area contributed by atoms with E-state index in [0.717, 1.165) is 11.1 Å². The van der Waals surface area contributed by atoms with Crippen LogP contribution in [0.5, 0.6) is 0 Å². The molecule has 0 unspecified atom stereocenters.